The van der Waals surface area contributed by atoms with Gasteiger partial charge in [0.1, 0.15) is 5.69 Å². The van der Waals surface area contributed by atoms with Crippen LogP contribution in [0.2, 0.25) is 0 Å². The number of likely N-dealkylation sites (tertiary alicyclic amines) is 1. The molecule has 1 aromatic rings. The van der Waals surface area contributed by atoms with E-state index in [9.17, 15) is 4.79 Å². The summed E-state index contributed by atoms with van der Waals surface area (Å²) in [5.74, 6) is 1.76. The molecule has 25 heavy (non-hydrogen) atoms. The number of rotatable bonds is 4. The van der Waals surface area contributed by atoms with Crippen LogP contribution in [-0.4, -0.2) is 65.3 Å². The van der Waals surface area contributed by atoms with Crippen LogP contribution in [0.1, 0.15) is 35.3 Å². The fourth-order valence-electron chi connectivity index (χ4n) is 3.92. The Hall–Kier alpha value is -1.11. The van der Waals surface area contributed by atoms with Crippen LogP contribution in [0.5, 0.6) is 0 Å². The molecule has 0 aliphatic carbocycles. The molecule has 0 radical (unpaired) electrons. The number of ether oxygens (including phenoxy) is 2. The number of aromatic nitrogens is 1. The SMILES string of the molecule is Cc1ccnc(C(=O)N2CC3(CC(OCC4CCOCC4)CS3)C2)c1. The highest BCUT2D eigenvalue weighted by Gasteiger charge is 2.51. The highest BCUT2D eigenvalue weighted by Crippen LogP contribution is 2.46. The lowest BCUT2D eigenvalue weighted by atomic mass is 9.92. The van der Waals surface area contributed by atoms with Gasteiger partial charge in [-0.15, -0.1) is 11.8 Å². The Morgan fingerprint density at radius 2 is 2.24 bits per heavy atom. The Morgan fingerprint density at radius 1 is 1.44 bits per heavy atom. The van der Waals surface area contributed by atoms with Crippen LogP contribution in [-0.2, 0) is 9.47 Å². The first-order chi connectivity index (χ1) is 12.1. The molecule has 0 aromatic carbocycles. The van der Waals surface area contributed by atoms with Gasteiger partial charge in [-0.25, -0.2) is 0 Å². The topological polar surface area (TPSA) is 51.7 Å². The van der Waals surface area contributed by atoms with E-state index in [0.717, 1.165) is 63.5 Å². The maximum Gasteiger partial charge on any atom is 0.272 e. The smallest absolute Gasteiger partial charge is 0.272 e. The van der Waals surface area contributed by atoms with Crippen molar-refractivity contribution in [3.63, 3.8) is 0 Å². The normalized spacial score (nSPS) is 26.0. The van der Waals surface area contributed by atoms with E-state index in [1.807, 2.05) is 35.7 Å². The zero-order chi connectivity index (χ0) is 17.3. The molecule has 1 amide bonds. The van der Waals surface area contributed by atoms with Crippen molar-refractivity contribution < 1.29 is 14.3 Å². The van der Waals surface area contributed by atoms with Gasteiger partial charge in [0.25, 0.3) is 5.91 Å². The summed E-state index contributed by atoms with van der Waals surface area (Å²) < 4.78 is 11.8. The molecule has 4 rings (SSSR count). The van der Waals surface area contributed by atoms with Crippen molar-refractivity contribution in [2.75, 3.05) is 38.7 Å². The van der Waals surface area contributed by atoms with E-state index in [1.165, 1.54) is 0 Å². The lowest BCUT2D eigenvalue weighted by Gasteiger charge is -2.47. The number of pyridine rings is 1. The molecule has 0 bridgehead atoms. The lowest BCUT2D eigenvalue weighted by Crippen LogP contribution is -2.60. The van der Waals surface area contributed by atoms with Crippen LogP contribution in [0.4, 0.5) is 0 Å². The summed E-state index contributed by atoms with van der Waals surface area (Å²) in [5, 5.41) is 0. The Morgan fingerprint density at radius 3 is 3.00 bits per heavy atom. The third-order valence-corrected chi connectivity index (χ3v) is 7.04. The first-order valence-electron chi connectivity index (χ1n) is 9.19. The Bertz CT molecular complexity index is 627. The highest BCUT2D eigenvalue weighted by atomic mass is 32.2. The number of hydrogen-bond acceptors (Lipinski definition) is 5. The zero-order valence-corrected chi connectivity index (χ0v) is 15.6. The second-order valence-corrected chi connectivity index (χ2v) is 9.08. The number of amides is 1. The largest absolute Gasteiger partial charge is 0.381 e. The van der Waals surface area contributed by atoms with Crippen LogP contribution in [0.15, 0.2) is 18.3 Å². The number of hydrogen-bond donors (Lipinski definition) is 0. The van der Waals surface area contributed by atoms with Crippen molar-refractivity contribution in [3.05, 3.63) is 29.6 Å². The van der Waals surface area contributed by atoms with Gasteiger partial charge < -0.3 is 14.4 Å². The summed E-state index contributed by atoms with van der Waals surface area (Å²) in [6.45, 7) is 6.25. The van der Waals surface area contributed by atoms with Crippen LogP contribution in [0.25, 0.3) is 0 Å². The molecular formula is C19H26N2O3S. The highest BCUT2D eigenvalue weighted by molar-refractivity contribution is 8.01. The van der Waals surface area contributed by atoms with Crippen LogP contribution >= 0.6 is 11.8 Å². The second-order valence-electron chi connectivity index (χ2n) is 7.59. The molecule has 3 saturated heterocycles. The first-order valence-corrected chi connectivity index (χ1v) is 10.2. The predicted octanol–water partition coefficient (Wildman–Crippen LogP) is 2.53. The van der Waals surface area contributed by atoms with Gasteiger partial charge in [-0.3, -0.25) is 9.78 Å². The Labute approximate surface area is 153 Å². The summed E-state index contributed by atoms with van der Waals surface area (Å²) >= 11 is 1.98. The molecule has 3 aliphatic heterocycles. The molecule has 4 heterocycles. The van der Waals surface area contributed by atoms with Crippen LogP contribution < -0.4 is 0 Å². The molecule has 136 valence electrons. The Balaban J connectivity index is 1.25. The average molecular weight is 362 g/mol. The van der Waals surface area contributed by atoms with Crippen molar-refractivity contribution in [2.24, 2.45) is 5.92 Å². The quantitative estimate of drug-likeness (QED) is 0.824. The van der Waals surface area contributed by atoms with Crippen molar-refractivity contribution in [2.45, 2.75) is 37.0 Å². The summed E-state index contributed by atoms with van der Waals surface area (Å²) in [6, 6.07) is 3.79. The van der Waals surface area contributed by atoms with Gasteiger partial charge >= 0.3 is 0 Å². The molecule has 0 N–H and O–H groups in total. The first kappa shape index (κ1) is 17.3. The van der Waals surface area contributed by atoms with Crippen molar-refractivity contribution >= 4 is 17.7 Å². The average Bonchev–Trinajstić information content (AvgIpc) is 3.04. The third kappa shape index (κ3) is 3.86. The Kier molecular flexibility index (Phi) is 5.02. The number of carbonyl (C=O) groups is 1. The molecule has 1 aromatic heterocycles. The maximum atomic E-state index is 12.5. The standard InChI is InChI=1S/C19H26N2O3S/c1-14-2-5-20-17(8-14)18(22)21-12-19(13-21)9-16(11-25-19)24-10-15-3-6-23-7-4-15/h2,5,8,15-16H,3-4,6-7,9-13H2,1H3. The van der Waals surface area contributed by atoms with E-state index >= 15 is 0 Å². The summed E-state index contributed by atoms with van der Waals surface area (Å²) in [4.78, 5) is 18.7. The molecule has 1 spiro atoms. The number of thioether (sulfide) groups is 1. The van der Waals surface area contributed by atoms with Gasteiger partial charge in [0, 0.05) is 44.9 Å². The minimum absolute atomic E-state index is 0.0569. The molecule has 0 saturated carbocycles. The van der Waals surface area contributed by atoms with Gasteiger partial charge in [-0.05, 0) is 49.8 Å². The van der Waals surface area contributed by atoms with Gasteiger partial charge in [0.2, 0.25) is 0 Å². The van der Waals surface area contributed by atoms with E-state index in [1.54, 1.807) is 6.20 Å². The van der Waals surface area contributed by atoms with Crippen molar-refractivity contribution in [1.29, 1.82) is 0 Å². The number of carbonyl (C=O) groups excluding carboxylic acids is 1. The van der Waals surface area contributed by atoms with Crippen molar-refractivity contribution in [3.8, 4) is 0 Å². The minimum Gasteiger partial charge on any atom is -0.381 e. The molecule has 6 heteroatoms. The molecule has 3 aliphatic rings. The molecule has 1 unspecified atom stereocenters. The monoisotopic (exact) mass is 362 g/mol. The summed E-state index contributed by atoms with van der Waals surface area (Å²) in [5.41, 5.74) is 1.63. The van der Waals surface area contributed by atoms with Crippen LogP contribution in [0, 0.1) is 12.8 Å². The van der Waals surface area contributed by atoms with E-state index in [2.05, 4.69) is 4.98 Å². The summed E-state index contributed by atoms with van der Waals surface area (Å²) in [6.07, 6.45) is 5.35. The predicted molar refractivity (Wildman–Crippen MR) is 98.0 cm³/mol. The van der Waals surface area contributed by atoms with E-state index in [-0.39, 0.29) is 10.7 Å². The van der Waals surface area contributed by atoms with Gasteiger partial charge in [0.05, 0.1) is 10.9 Å². The molecule has 5 nitrogen and oxygen atoms in total. The van der Waals surface area contributed by atoms with Gasteiger partial charge in [-0.1, -0.05) is 0 Å². The molecular weight excluding hydrogens is 336 g/mol. The molecule has 3 fully saturated rings. The van der Waals surface area contributed by atoms with E-state index < -0.39 is 0 Å². The van der Waals surface area contributed by atoms with Crippen molar-refractivity contribution in [1.82, 2.24) is 9.88 Å². The van der Waals surface area contributed by atoms with Gasteiger partial charge in [-0.2, -0.15) is 0 Å². The fourth-order valence-corrected chi connectivity index (χ4v) is 5.47. The second kappa shape index (κ2) is 7.25. The minimum atomic E-state index is 0.0569. The molecule has 1 atom stereocenters. The number of nitrogens with zero attached hydrogens (tertiary/aromatic N) is 2. The van der Waals surface area contributed by atoms with Crippen LogP contribution in [0.3, 0.4) is 0 Å². The zero-order valence-electron chi connectivity index (χ0n) is 14.8. The summed E-state index contributed by atoms with van der Waals surface area (Å²) in [7, 11) is 0. The van der Waals surface area contributed by atoms with Gasteiger partial charge in [0.15, 0.2) is 0 Å². The number of aryl methyl sites for hydroxylation is 1. The maximum absolute atomic E-state index is 12.5. The lowest BCUT2D eigenvalue weighted by molar-refractivity contribution is -0.0119. The van der Waals surface area contributed by atoms with E-state index in [0.29, 0.717) is 17.7 Å². The fraction of sp³-hybridized carbons (Fsp3) is 0.684. The third-order valence-electron chi connectivity index (χ3n) is 5.46. The van der Waals surface area contributed by atoms with E-state index in [4.69, 9.17) is 9.47 Å².